The van der Waals surface area contributed by atoms with E-state index in [4.69, 9.17) is 0 Å². The van der Waals surface area contributed by atoms with Gasteiger partial charge in [0.25, 0.3) is 0 Å². The number of amides is 1. The lowest BCUT2D eigenvalue weighted by Gasteiger charge is -2.41. The third kappa shape index (κ3) is 3.10. The van der Waals surface area contributed by atoms with E-state index in [1.807, 2.05) is 0 Å². The zero-order valence-corrected chi connectivity index (χ0v) is 15.0. The van der Waals surface area contributed by atoms with E-state index < -0.39 is 0 Å². The van der Waals surface area contributed by atoms with Crippen LogP contribution in [-0.4, -0.2) is 30.4 Å². The van der Waals surface area contributed by atoms with E-state index in [9.17, 15) is 10.1 Å². The van der Waals surface area contributed by atoms with Crippen LogP contribution < -0.4 is 5.32 Å². The molecule has 5 heteroatoms. The van der Waals surface area contributed by atoms with Crippen molar-refractivity contribution >= 4 is 22.2 Å². The van der Waals surface area contributed by atoms with Crippen molar-refractivity contribution in [3.8, 4) is 6.07 Å². The fourth-order valence-corrected chi connectivity index (χ4v) is 6.06. The monoisotopic (exact) mass is 343 g/mol. The molecule has 2 atom stereocenters. The van der Waals surface area contributed by atoms with Gasteiger partial charge in [0.15, 0.2) is 0 Å². The number of likely N-dealkylation sites (tertiary alicyclic amines) is 1. The van der Waals surface area contributed by atoms with E-state index in [1.54, 1.807) is 11.3 Å². The number of carbonyl (C=O) groups is 1. The van der Waals surface area contributed by atoms with Crippen LogP contribution in [0.3, 0.4) is 0 Å². The van der Waals surface area contributed by atoms with E-state index in [2.05, 4.69) is 16.3 Å². The maximum absolute atomic E-state index is 12.5. The SMILES string of the molecule is N#Cc1c(NC(=O)CN2CCC3CCCCC3C2)sc2c1CCC2. The first-order chi connectivity index (χ1) is 11.7. The molecule has 2 fully saturated rings. The molecule has 0 spiro atoms. The summed E-state index contributed by atoms with van der Waals surface area (Å²) >= 11 is 1.61. The first kappa shape index (κ1) is 16.1. The number of rotatable bonds is 3. The summed E-state index contributed by atoms with van der Waals surface area (Å²) in [4.78, 5) is 16.1. The van der Waals surface area contributed by atoms with Gasteiger partial charge in [0.1, 0.15) is 11.1 Å². The van der Waals surface area contributed by atoms with Gasteiger partial charge >= 0.3 is 0 Å². The molecule has 4 rings (SSSR count). The Kier molecular flexibility index (Phi) is 4.60. The molecule has 1 saturated carbocycles. The van der Waals surface area contributed by atoms with Crippen LogP contribution in [0.4, 0.5) is 5.00 Å². The summed E-state index contributed by atoms with van der Waals surface area (Å²) in [6.07, 6.45) is 9.89. The van der Waals surface area contributed by atoms with E-state index in [0.29, 0.717) is 12.1 Å². The van der Waals surface area contributed by atoms with Gasteiger partial charge in [-0.3, -0.25) is 9.69 Å². The Bertz CT molecular complexity index is 675. The summed E-state index contributed by atoms with van der Waals surface area (Å²) in [7, 11) is 0. The number of nitriles is 1. The molecule has 1 amide bonds. The minimum Gasteiger partial charge on any atom is -0.315 e. The number of fused-ring (bicyclic) bond motifs is 2. The van der Waals surface area contributed by atoms with Gasteiger partial charge in [0.05, 0.1) is 12.1 Å². The molecule has 0 radical (unpaired) electrons. The van der Waals surface area contributed by atoms with Gasteiger partial charge in [-0.1, -0.05) is 19.3 Å². The maximum Gasteiger partial charge on any atom is 0.239 e. The van der Waals surface area contributed by atoms with Crippen molar-refractivity contribution in [3.05, 3.63) is 16.0 Å². The van der Waals surface area contributed by atoms with Crippen molar-refractivity contribution in [3.63, 3.8) is 0 Å². The molecule has 24 heavy (non-hydrogen) atoms. The average Bonchev–Trinajstić information content (AvgIpc) is 3.15. The smallest absolute Gasteiger partial charge is 0.239 e. The van der Waals surface area contributed by atoms with Gasteiger partial charge in [-0.05, 0) is 56.0 Å². The highest BCUT2D eigenvalue weighted by Crippen LogP contribution is 2.39. The molecular weight excluding hydrogens is 318 g/mol. The third-order valence-corrected chi connectivity index (χ3v) is 7.24. The van der Waals surface area contributed by atoms with Crippen molar-refractivity contribution in [2.24, 2.45) is 11.8 Å². The summed E-state index contributed by atoms with van der Waals surface area (Å²) in [6, 6.07) is 2.30. The molecule has 1 aliphatic heterocycles. The second kappa shape index (κ2) is 6.85. The first-order valence-electron chi connectivity index (χ1n) is 9.31. The Morgan fingerprint density at radius 1 is 1.21 bits per heavy atom. The molecular formula is C19H25N3OS. The van der Waals surface area contributed by atoms with E-state index >= 15 is 0 Å². The van der Waals surface area contributed by atoms with Crippen LogP contribution in [0.1, 0.15) is 54.5 Å². The average molecular weight is 343 g/mol. The van der Waals surface area contributed by atoms with E-state index in [1.165, 1.54) is 42.5 Å². The fraction of sp³-hybridized carbons (Fsp3) is 0.684. The molecule has 2 heterocycles. The number of nitrogens with one attached hydrogen (secondary N) is 1. The maximum atomic E-state index is 12.5. The Labute approximate surface area is 147 Å². The minimum atomic E-state index is 0.0423. The number of anilines is 1. The highest BCUT2D eigenvalue weighted by molar-refractivity contribution is 7.16. The van der Waals surface area contributed by atoms with E-state index in [-0.39, 0.29) is 5.91 Å². The Morgan fingerprint density at radius 2 is 2.04 bits per heavy atom. The number of nitrogens with zero attached hydrogens (tertiary/aromatic N) is 2. The molecule has 1 aromatic heterocycles. The van der Waals surface area contributed by atoms with Crippen molar-refractivity contribution in [2.75, 3.05) is 25.0 Å². The predicted octanol–water partition coefficient (Wildman–Crippen LogP) is 3.56. The Balaban J connectivity index is 1.37. The van der Waals surface area contributed by atoms with Crippen molar-refractivity contribution < 1.29 is 4.79 Å². The summed E-state index contributed by atoms with van der Waals surface area (Å²) in [5.41, 5.74) is 1.90. The molecule has 2 aliphatic carbocycles. The molecule has 128 valence electrons. The first-order valence-corrected chi connectivity index (χ1v) is 10.1. The van der Waals surface area contributed by atoms with Gasteiger partial charge in [-0.25, -0.2) is 0 Å². The summed E-state index contributed by atoms with van der Waals surface area (Å²) in [5.74, 6) is 1.73. The van der Waals surface area contributed by atoms with Gasteiger partial charge in [0, 0.05) is 11.4 Å². The second-order valence-corrected chi connectivity index (χ2v) is 8.66. The second-order valence-electron chi connectivity index (χ2n) is 7.55. The zero-order chi connectivity index (χ0) is 16.5. The highest BCUT2D eigenvalue weighted by Gasteiger charge is 2.32. The summed E-state index contributed by atoms with van der Waals surface area (Å²) in [6.45, 7) is 2.58. The number of thiophene rings is 1. The number of aryl methyl sites for hydroxylation is 1. The Morgan fingerprint density at radius 3 is 2.88 bits per heavy atom. The van der Waals surface area contributed by atoms with Gasteiger partial charge < -0.3 is 5.32 Å². The number of hydrogen-bond acceptors (Lipinski definition) is 4. The topological polar surface area (TPSA) is 56.1 Å². The van der Waals surface area contributed by atoms with Crippen LogP contribution in [0.15, 0.2) is 0 Å². The van der Waals surface area contributed by atoms with Crippen molar-refractivity contribution in [1.82, 2.24) is 4.90 Å². The number of piperidine rings is 1. The summed E-state index contributed by atoms with van der Waals surface area (Å²) in [5, 5.41) is 13.2. The lowest BCUT2D eigenvalue weighted by Crippen LogP contribution is -2.44. The highest BCUT2D eigenvalue weighted by atomic mass is 32.1. The lowest BCUT2D eigenvalue weighted by atomic mass is 9.75. The summed E-state index contributed by atoms with van der Waals surface area (Å²) < 4.78 is 0. The normalized spacial score (nSPS) is 26.5. The molecule has 1 aromatic rings. The molecule has 1 N–H and O–H groups in total. The van der Waals surface area contributed by atoms with Gasteiger partial charge in [0.2, 0.25) is 5.91 Å². The van der Waals surface area contributed by atoms with Crippen LogP contribution in [0, 0.1) is 23.2 Å². The van der Waals surface area contributed by atoms with Crippen LogP contribution >= 0.6 is 11.3 Å². The standard InChI is InChI=1S/C19H25N3OS/c20-10-16-15-6-3-7-17(15)24-19(16)21-18(23)12-22-9-8-13-4-1-2-5-14(13)11-22/h13-14H,1-9,11-12H2,(H,21,23). The van der Waals surface area contributed by atoms with Crippen LogP contribution in [0.5, 0.6) is 0 Å². The largest absolute Gasteiger partial charge is 0.315 e. The molecule has 4 nitrogen and oxygen atoms in total. The molecule has 1 saturated heterocycles. The van der Waals surface area contributed by atoms with Crippen molar-refractivity contribution in [1.29, 1.82) is 5.26 Å². The predicted molar refractivity (Wildman–Crippen MR) is 96.2 cm³/mol. The minimum absolute atomic E-state index is 0.0423. The molecule has 0 bridgehead atoms. The quantitative estimate of drug-likeness (QED) is 0.913. The van der Waals surface area contributed by atoms with Crippen LogP contribution in [-0.2, 0) is 17.6 Å². The fourth-order valence-electron chi connectivity index (χ4n) is 4.80. The number of hydrogen-bond donors (Lipinski definition) is 1. The molecule has 3 aliphatic rings. The van der Waals surface area contributed by atoms with Gasteiger partial charge in [-0.2, -0.15) is 5.26 Å². The van der Waals surface area contributed by atoms with Crippen molar-refractivity contribution in [2.45, 2.75) is 51.4 Å². The van der Waals surface area contributed by atoms with Crippen LogP contribution in [0.25, 0.3) is 0 Å². The van der Waals surface area contributed by atoms with Gasteiger partial charge in [-0.15, -0.1) is 11.3 Å². The number of carbonyl (C=O) groups excluding carboxylic acids is 1. The Hall–Kier alpha value is -1.38. The molecule has 0 aromatic carbocycles. The van der Waals surface area contributed by atoms with E-state index in [0.717, 1.165) is 49.2 Å². The third-order valence-electron chi connectivity index (χ3n) is 6.03. The lowest BCUT2D eigenvalue weighted by molar-refractivity contribution is -0.118. The molecule has 2 unspecified atom stereocenters. The zero-order valence-electron chi connectivity index (χ0n) is 14.1. The van der Waals surface area contributed by atoms with Crippen LogP contribution in [0.2, 0.25) is 0 Å².